The van der Waals surface area contributed by atoms with Gasteiger partial charge >= 0.3 is 0 Å². The van der Waals surface area contributed by atoms with E-state index >= 15 is 0 Å². The second-order valence-electron chi connectivity index (χ2n) is 4.14. The van der Waals surface area contributed by atoms with Crippen LogP contribution in [0.3, 0.4) is 0 Å². The molecule has 0 amide bonds. The highest BCUT2D eigenvalue weighted by Crippen LogP contribution is 2.30. The maximum Gasteiger partial charge on any atom is 0.149 e. The Hall–Kier alpha value is -0.190. The molecule has 1 heterocycles. The third-order valence-electron chi connectivity index (χ3n) is 2.51. The lowest BCUT2D eigenvalue weighted by Gasteiger charge is -2.14. The Morgan fingerprint density at radius 2 is 2.40 bits per heavy atom. The first-order valence-corrected chi connectivity index (χ1v) is 6.76. The minimum atomic E-state index is 0.377. The molecule has 1 saturated carbocycles. The summed E-state index contributed by atoms with van der Waals surface area (Å²) in [5, 5.41) is 2.08. The van der Waals surface area contributed by atoms with Crippen LogP contribution in [0.25, 0.3) is 0 Å². The van der Waals surface area contributed by atoms with Crippen molar-refractivity contribution in [2.45, 2.75) is 19.4 Å². The Kier molecular flexibility index (Phi) is 3.59. The average Bonchev–Trinajstić information content (AvgIpc) is 2.92. The Morgan fingerprint density at radius 1 is 1.67 bits per heavy atom. The summed E-state index contributed by atoms with van der Waals surface area (Å²) in [7, 11) is 2.01. The fourth-order valence-electron chi connectivity index (χ4n) is 1.56. The largest absolute Gasteiger partial charge is 0.298 e. The lowest BCUT2D eigenvalue weighted by atomic mass is 10.2. The molecule has 0 bridgehead atoms. The molecule has 15 heavy (non-hydrogen) atoms. The number of hydrogen-bond donors (Lipinski definition) is 0. The van der Waals surface area contributed by atoms with Gasteiger partial charge in [-0.2, -0.15) is 0 Å². The van der Waals surface area contributed by atoms with Crippen LogP contribution in [0.2, 0.25) is 0 Å². The third kappa shape index (κ3) is 3.40. The summed E-state index contributed by atoms with van der Waals surface area (Å²) in [6.45, 7) is 1.47. The number of nitrogens with zero attached hydrogens (tertiary/aromatic N) is 1. The van der Waals surface area contributed by atoms with Crippen molar-refractivity contribution >= 4 is 33.0 Å². The molecule has 2 rings (SSSR count). The van der Waals surface area contributed by atoms with Crippen molar-refractivity contribution in [3.05, 3.63) is 20.8 Å². The molecule has 1 fully saturated rings. The van der Waals surface area contributed by atoms with Gasteiger partial charge in [0, 0.05) is 27.2 Å². The lowest BCUT2D eigenvalue weighted by Crippen LogP contribution is -2.26. The maximum atomic E-state index is 11.6. The van der Waals surface area contributed by atoms with E-state index in [0.29, 0.717) is 18.2 Å². The van der Waals surface area contributed by atoms with Gasteiger partial charge in [0.1, 0.15) is 5.78 Å². The van der Waals surface area contributed by atoms with Gasteiger partial charge in [0.15, 0.2) is 0 Å². The predicted molar refractivity (Wildman–Crippen MR) is 66.1 cm³/mol. The van der Waals surface area contributed by atoms with Crippen molar-refractivity contribution in [1.82, 2.24) is 4.90 Å². The van der Waals surface area contributed by atoms with Crippen molar-refractivity contribution in [3.8, 4) is 0 Å². The fraction of sp³-hybridized carbons (Fsp3) is 0.545. The topological polar surface area (TPSA) is 20.3 Å². The molecule has 0 radical (unpaired) electrons. The molecule has 0 saturated heterocycles. The highest BCUT2D eigenvalue weighted by atomic mass is 79.9. The van der Waals surface area contributed by atoms with E-state index in [-0.39, 0.29) is 0 Å². The molecule has 0 N–H and O–H groups in total. The molecular formula is C11H14BrNOS. The van der Waals surface area contributed by atoms with Gasteiger partial charge in [0.2, 0.25) is 0 Å². The SMILES string of the molecule is CN(CC(=O)C1CC1)Cc1cc(Br)cs1. The van der Waals surface area contributed by atoms with Gasteiger partial charge in [-0.25, -0.2) is 0 Å². The Bertz CT molecular complexity index is 359. The van der Waals surface area contributed by atoms with E-state index in [2.05, 4.69) is 32.3 Å². The van der Waals surface area contributed by atoms with Crippen LogP contribution in [0.5, 0.6) is 0 Å². The van der Waals surface area contributed by atoms with Crippen LogP contribution in [-0.2, 0) is 11.3 Å². The zero-order valence-electron chi connectivity index (χ0n) is 8.70. The number of halogens is 1. The molecule has 4 heteroatoms. The maximum absolute atomic E-state index is 11.6. The van der Waals surface area contributed by atoms with Crippen LogP contribution in [0, 0.1) is 5.92 Å². The monoisotopic (exact) mass is 287 g/mol. The van der Waals surface area contributed by atoms with Gasteiger partial charge in [0.05, 0.1) is 6.54 Å². The Balaban J connectivity index is 1.81. The number of Topliss-reactive ketones (excluding diaryl/α,β-unsaturated/α-hetero) is 1. The summed E-state index contributed by atoms with van der Waals surface area (Å²) in [5.74, 6) is 0.788. The molecule has 82 valence electrons. The first kappa shape index (κ1) is 11.3. The molecule has 1 aromatic rings. The molecule has 0 unspecified atom stereocenters. The number of hydrogen-bond acceptors (Lipinski definition) is 3. The molecule has 2 nitrogen and oxygen atoms in total. The number of carbonyl (C=O) groups is 1. The van der Waals surface area contributed by atoms with Crippen LogP contribution in [0.4, 0.5) is 0 Å². The molecule has 0 aromatic carbocycles. The van der Waals surface area contributed by atoms with Crippen molar-refractivity contribution in [2.24, 2.45) is 5.92 Å². The van der Waals surface area contributed by atoms with Crippen molar-refractivity contribution in [2.75, 3.05) is 13.6 Å². The number of rotatable bonds is 5. The van der Waals surface area contributed by atoms with Crippen molar-refractivity contribution in [1.29, 1.82) is 0 Å². The summed E-state index contributed by atoms with van der Waals surface area (Å²) in [5.41, 5.74) is 0. The lowest BCUT2D eigenvalue weighted by molar-refractivity contribution is -0.121. The summed E-state index contributed by atoms with van der Waals surface area (Å²) in [4.78, 5) is 15.0. The van der Waals surface area contributed by atoms with E-state index in [1.807, 2.05) is 7.05 Å². The highest BCUT2D eigenvalue weighted by Gasteiger charge is 2.29. The van der Waals surface area contributed by atoms with E-state index in [4.69, 9.17) is 0 Å². The molecule has 1 aromatic heterocycles. The predicted octanol–water partition coefficient (Wildman–Crippen LogP) is 2.92. The van der Waals surface area contributed by atoms with Gasteiger partial charge in [-0.3, -0.25) is 9.69 Å². The second-order valence-corrected chi connectivity index (χ2v) is 6.06. The van der Waals surface area contributed by atoms with Crippen molar-refractivity contribution < 1.29 is 4.79 Å². The van der Waals surface area contributed by atoms with Crippen LogP contribution >= 0.6 is 27.3 Å². The molecule has 1 aliphatic carbocycles. The van der Waals surface area contributed by atoms with E-state index in [1.165, 1.54) is 4.88 Å². The third-order valence-corrected chi connectivity index (χ3v) is 4.19. The van der Waals surface area contributed by atoms with E-state index in [1.54, 1.807) is 11.3 Å². The molecule has 1 aliphatic rings. The van der Waals surface area contributed by atoms with E-state index in [9.17, 15) is 4.79 Å². The van der Waals surface area contributed by atoms with E-state index in [0.717, 1.165) is 23.9 Å². The normalized spacial score (nSPS) is 15.9. The highest BCUT2D eigenvalue weighted by molar-refractivity contribution is 9.10. The quantitative estimate of drug-likeness (QED) is 0.830. The minimum Gasteiger partial charge on any atom is -0.298 e. The average molecular weight is 288 g/mol. The summed E-state index contributed by atoms with van der Waals surface area (Å²) in [6.07, 6.45) is 2.22. The fourth-order valence-corrected chi connectivity index (χ4v) is 3.09. The number of thiophene rings is 1. The Morgan fingerprint density at radius 3 is 2.93 bits per heavy atom. The van der Waals surface area contributed by atoms with Gasteiger partial charge in [0.25, 0.3) is 0 Å². The zero-order chi connectivity index (χ0) is 10.8. The molecule has 0 aliphatic heterocycles. The van der Waals surface area contributed by atoms with Crippen molar-refractivity contribution in [3.63, 3.8) is 0 Å². The van der Waals surface area contributed by atoms with Gasteiger partial charge in [-0.05, 0) is 41.9 Å². The smallest absolute Gasteiger partial charge is 0.149 e. The van der Waals surface area contributed by atoms with Crippen LogP contribution in [0.1, 0.15) is 17.7 Å². The molecular weight excluding hydrogens is 274 g/mol. The molecule has 0 spiro atoms. The Labute approximate surface area is 102 Å². The van der Waals surface area contributed by atoms with E-state index < -0.39 is 0 Å². The zero-order valence-corrected chi connectivity index (χ0v) is 11.1. The summed E-state index contributed by atoms with van der Waals surface area (Å²) in [6, 6.07) is 2.11. The summed E-state index contributed by atoms with van der Waals surface area (Å²) < 4.78 is 1.13. The first-order chi connectivity index (χ1) is 7.15. The van der Waals surface area contributed by atoms with Gasteiger partial charge < -0.3 is 0 Å². The first-order valence-electron chi connectivity index (χ1n) is 5.09. The van der Waals surface area contributed by atoms with Gasteiger partial charge in [-0.1, -0.05) is 0 Å². The number of carbonyl (C=O) groups excluding carboxylic acids is 1. The number of likely N-dealkylation sites (N-methyl/N-ethyl adjacent to an activating group) is 1. The molecule has 0 atom stereocenters. The van der Waals surface area contributed by atoms with Gasteiger partial charge in [-0.15, -0.1) is 11.3 Å². The standard InChI is InChI=1S/C11H14BrNOS/c1-13(6-11(14)8-2-3-8)5-10-4-9(12)7-15-10/h4,7-8H,2-3,5-6H2,1H3. The van der Waals surface area contributed by atoms with Crippen LogP contribution in [-0.4, -0.2) is 24.3 Å². The van der Waals surface area contributed by atoms with Crippen LogP contribution < -0.4 is 0 Å². The summed E-state index contributed by atoms with van der Waals surface area (Å²) >= 11 is 5.16. The second kappa shape index (κ2) is 4.76. The number of ketones is 1. The minimum absolute atomic E-state index is 0.377. The van der Waals surface area contributed by atoms with Crippen LogP contribution in [0.15, 0.2) is 15.9 Å².